The first-order chi connectivity index (χ1) is 13.0. The Labute approximate surface area is 165 Å². The highest BCUT2D eigenvalue weighted by Crippen LogP contribution is 2.43. The van der Waals surface area contributed by atoms with Crippen molar-refractivity contribution in [1.29, 1.82) is 0 Å². The lowest BCUT2D eigenvalue weighted by molar-refractivity contribution is -0.119. The second-order valence-corrected chi connectivity index (χ2v) is 9.02. The molecule has 3 N–H and O–H groups in total. The van der Waals surface area contributed by atoms with Gasteiger partial charge in [-0.05, 0) is 25.3 Å². The third kappa shape index (κ3) is 3.23. The zero-order valence-electron chi connectivity index (χ0n) is 14.8. The van der Waals surface area contributed by atoms with E-state index in [-0.39, 0.29) is 23.1 Å². The quantitative estimate of drug-likeness (QED) is 0.771. The van der Waals surface area contributed by atoms with Crippen LogP contribution in [0.2, 0.25) is 0 Å². The van der Waals surface area contributed by atoms with E-state index in [2.05, 4.69) is 5.32 Å². The highest BCUT2D eigenvalue weighted by molar-refractivity contribution is 8.00. The molecule has 0 unspecified atom stereocenters. The molecular formula is C19H19N3O3S2. The van der Waals surface area contributed by atoms with Crippen molar-refractivity contribution in [3.63, 3.8) is 0 Å². The Balaban J connectivity index is 1.69. The van der Waals surface area contributed by atoms with Crippen LogP contribution in [0.5, 0.6) is 0 Å². The lowest BCUT2D eigenvalue weighted by Crippen LogP contribution is -2.40. The van der Waals surface area contributed by atoms with Gasteiger partial charge in [-0.3, -0.25) is 14.4 Å². The molecule has 0 bridgehead atoms. The second-order valence-electron chi connectivity index (χ2n) is 6.75. The number of nitrogens with two attached hydrogens (primary N) is 1. The molecule has 27 heavy (non-hydrogen) atoms. The van der Waals surface area contributed by atoms with Gasteiger partial charge in [0.2, 0.25) is 5.91 Å². The van der Waals surface area contributed by atoms with Crippen molar-refractivity contribution >= 4 is 46.5 Å². The van der Waals surface area contributed by atoms with Gasteiger partial charge in [-0.1, -0.05) is 29.8 Å². The number of hydrogen-bond acceptors (Lipinski definition) is 5. The van der Waals surface area contributed by atoms with Crippen LogP contribution in [-0.2, 0) is 10.5 Å². The molecule has 2 aromatic rings. The van der Waals surface area contributed by atoms with Crippen molar-refractivity contribution in [2.24, 2.45) is 5.73 Å². The van der Waals surface area contributed by atoms with Crippen LogP contribution in [0, 0.1) is 6.92 Å². The number of rotatable bonds is 4. The van der Waals surface area contributed by atoms with Crippen molar-refractivity contribution in [2.45, 2.75) is 35.8 Å². The Bertz CT molecular complexity index is 936. The molecule has 1 fully saturated rings. The van der Waals surface area contributed by atoms with Gasteiger partial charge < -0.3 is 16.0 Å². The number of amides is 3. The van der Waals surface area contributed by atoms with Crippen molar-refractivity contribution in [1.82, 2.24) is 4.90 Å². The Morgan fingerprint density at radius 3 is 2.78 bits per heavy atom. The summed E-state index contributed by atoms with van der Waals surface area (Å²) in [6.07, 6.45) is 1.45. The van der Waals surface area contributed by atoms with E-state index in [9.17, 15) is 14.4 Å². The third-order valence-corrected chi connectivity index (χ3v) is 7.39. The first-order valence-corrected chi connectivity index (χ1v) is 10.5. The number of fused-ring (bicyclic) bond motifs is 2. The van der Waals surface area contributed by atoms with Crippen LogP contribution < -0.4 is 11.1 Å². The molecule has 2 aliphatic rings. The average Bonchev–Trinajstić information content (AvgIpc) is 3.23. The fourth-order valence-corrected chi connectivity index (χ4v) is 5.91. The highest BCUT2D eigenvalue weighted by atomic mass is 32.2. The number of nitrogens with zero attached hydrogens (tertiary/aromatic N) is 1. The van der Waals surface area contributed by atoms with E-state index in [0.29, 0.717) is 27.8 Å². The number of thiophene rings is 1. The van der Waals surface area contributed by atoms with Gasteiger partial charge in [0.1, 0.15) is 10.9 Å². The molecular weight excluding hydrogens is 382 g/mol. The summed E-state index contributed by atoms with van der Waals surface area (Å²) in [5.74, 6) is -0.418. The lowest BCUT2D eigenvalue weighted by atomic mass is 10.2. The fraction of sp³-hybridized carbons (Fsp3) is 0.316. The monoisotopic (exact) mass is 401 g/mol. The molecule has 6 nitrogen and oxygen atoms in total. The lowest BCUT2D eigenvalue weighted by Gasteiger charge is -2.19. The van der Waals surface area contributed by atoms with Gasteiger partial charge >= 0.3 is 0 Å². The van der Waals surface area contributed by atoms with Crippen molar-refractivity contribution in [3.05, 3.63) is 45.8 Å². The smallest absolute Gasteiger partial charge is 0.266 e. The minimum absolute atomic E-state index is 0.194. The zero-order valence-corrected chi connectivity index (χ0v) is 16.4. The normalized spacial score (nSPS) is 18.7. The van der Waals surface area contributed by atoms with Crippen LogP contribution in [-0.4, -0.2) is 35.2 Å². The minimum atomic E-state index is -0.630. The molecule has 3 heterocycles. The summed E-state index contributed by atoms with van der Waals surface area (Å²) in [5, 5.41) is 2.80. The maximum Gasteiger partial charge on any atom is 0.266 e. The van der Waals surface area contributed by atoms with Gasteiger partial charge in [0.25, 0.3) is 11.8 Å². The first kappa shape index (κ1) is 18.1. The fourth-order valence-electron chi connectivity index (χ4n) is 3.46. The molecule has 0 radical (unpaired) electrons. The molecule has 3 amide bonds. The average molecular weight is 402 g/mol. The number of aryl methyl sites for hydroxylation is 1. The molecule has 0 aliphatic carbocycles. The Morgan fingerprint density at radius 1 is 1.33 bits per heavy atom. The van der Waals surface area contributed by atoms with Gasteiger partial charge in [0.15, 0.2) is 0 Å². The summed E-state index contributed by atoms with van der Waals surface area (Å²) in [4.78, 5) is 39.6. The SMILES string of the molecule is Cc1ccc(CSc2sc3c(c2C(N)=O)NC(=O)[C@@H]2CCCN2C3=O)cc1. The van der Waals surface area contributed by atoms with Crippen molar-refractivity contribution in [3.8, 4) is 0 Å². The first-order valence-electron chi connectivity index (χ1n) is 8.72. The second kappa shape index (κ2) is 7.01. The summed E-state index contributed by atoms with van der Waals surface area (Å²) in [6, 6.07) is 7.68. The molecule has 1 saturated heterocycles. The van der Waals surface area contributed by atoms with E-state index in [4.69, 9.17) is 5.73 Å². The van der Waals surface area contributed by atoms with E-state index in [1.807, 2.05) is 31.2 Å². The van der Waals surface area contributed by atoms with Crippen LogP contribution in [0.15, 0.2) is 28.5 Å². The molecule has 1 atom stereocenters. The van der Waals surface area contributed by atoms with E-state index in [1.165, 1.54) is 28.7 Å². The number of hydrogen-bond donors (Lipinski definition) is 2. The summed E-state index contributed by atoms with van der Waals surface area (Å²) in [7, 11) is 0. The Kier molecular flexibility index (Phi) is 4.69. The van der Waals surface area contributed by atoms with Crippen molar-refractivity contribution < 1.29 is 14.4 Å². The van der Waals surface area contributed by atoms with Gasteiger partial charge in [-0.25, -0.2) is 0 Å². The molecule has 140 valence electrons. The summed E-state index contributed by atoms with van der Waals surface area (Å²) >= 11 is 2.70. The van der Waals surface area contributed by atoms with E-state index < -0.39 is 11.9 Å². The molecule has 1 aromatic heterocycles. The number of primary amides is 1. The van der Waals surface area contributed by atoms with Crippen LogP contribution in [0.25, 0.3) is 0 Å². The van der Waals surface area contributed by atoms with Gasteiger partial charge in [0.05, 0.1) is 15.5 Å². The highest BCUT2D eigenvalue weighted by Gasteiger charge is 2.41. The van der Waals surface area contributed by atoms with Gasteiger partial charge in [-0.15, -0.1) is 23.1 Å². The number of benzene rings is 1. The maximum absolute atomic E-state index is 12.9. The van der Waals surface area contributed by atoms with E-state index in [0.717, 1.165) is 12.0 Å². The molecule has 2 aliphatic heterocycles. The Hall–Kier alpha value is -2.32. The number of thioether (sulfide) groups is 1. The molecule has 0 saturated carbocycles. The zero-order chi connectivity index (χ0) is 19.1. The van der Waals surface area contributed by atoms with Crippen LogP contribution in [0.3, 0.4) is 0 Å². The molecule has 0 spiro atoms. The van der Waals surface area contributed by atoms with E-state index >= 15 is 0 Å². The van der Waals surface area contributed by atoms with Crippen LogP contribution >= 0.6 is 23.1 Å². The number of anilines is 1. The summed E-state index contributed by atoms with van der Waals surface area (Å²) in [5.41, 5.74) is 8.42. The summed E-state index contributed by atoms with van der Waals surface area (Å²) < 4.78 is 0.666. The molecule has 1 aromatic carbocycles. The number of carbonyl (C=O) groups excluding carboxylic acids is 3. The van der Waals surface area contributed by atoms with Crippen LogP contribution in [0.1, 0.15) is 44.0 Å². The third-order valence-electron chi connectivity index (χ3n) is 4.87. The Morgan fingerprint density at radius 2 is 2.07 bits per heavy atom. The topological polar surface area (TPSA) is 92.5 Å². The predicted molar refractivity (Wildman–Crippen MR) is 106 cm³/mol. The predicted octanol–water partition coefficient (Wildman–Crippen LogP) is 3.00. The molecule has 4 rings (SSSR count). The maximum atomic E-state index is 12.9. The number of nitrogens with one attached hydrogen (secondary N) is 1. The summed E-state index contributed by atoms with van der Waals surface area (Å²) in [6.45, 7) is 2.59. The van der Waals surface area contributed by atoms with Crippen molar-refractivity contribution in [2.75, 3.05) is 11.9 Å². The van der Waals surface area contributed by atoms with Crippen LogP contribution in [0.4, 0.5) is 5.69 Å². The van der Waals surface area contributed by atoms with E-state index in [1.54, 1.807) is 4.90 Å². The van der Waals surface area contributed by atoms with Gasteiger partial charge in [0, 0.05) is 12.3 Å². The largest absolute Gasteiger partial charge is 0.365 e. The number of carbonyl (C=O) groups is 3. The standard InChI is InChI=1S/C19H19N3O3S2/c1-10-4-6-11(7-5-10)9-26-19-13(16(20)23)14-15(27-19)18(25)22-8-2-3-12(22)17(24)21-14/h4-7,12H,2-3,8-9H2,1H3,(H2,20,23)(H,21,24)/t12-/m0/s1. The minimum Gasteiger partial charge on any atom is -0.365 e. The van der Waals surface area contributed by atoms with Gasteiger partial charge in [-0.2, -0.15) is 0 Å². The molecule has 8 heteroatoms.